The highest BCUT2D eigenvalue weighted by Gasteiger charge is 2.18. The normalized spacial score (nSPS) is 11.1. The monoisotopic (exact) mass is 321 g/mol. The van der Waals surface area contributed by atoms with Crippen LogP contribution in [0.4, 0.5) is 0 Å². The smallest absolute Gasteiger partial charge is 0.242 e. The molecule has 1 aromatic heterocycles. The zero-order valence-corrected chi connectivity index (χ0v) is 12.7. The summed E-state index contributed by atoms with van der Waals surface area (Å²) in [7, 11) is -3.81. The average molecular weight is 322 g/mol. The van der Waals surface area contributed by atoms with E-state index in [0.29, 0.717) is 5.69 Å². The lowest BCUT2D eigenvalue weighted by Gasteiger charge is -2.08. The van der Waals surface area contributed by atoms with Crippen molar-refractivity contribution >= 4 is 21.6 Å². The number of nitrogens with one attached hydrogen (secondary N) is 1. The van der Waals surface area contributed by atoms with Crippen molar-refractivity contribution in [2.45, 2.75) is 18.4 Å². The lowest BCUT2D eigenvalue weighted by atomic mass is 10.2. The topological polar surface area (TPSA) is 82.9 Å². The molecule has 1 aromatic carbocycles. The van der Waals surface area contributed by atoms with Gasteiger partial charge < -0.3 is 0 Å². The van der Waals surface area contributed by atoms with E-state index in [1.54, 1.807) is 12.1 Å². The lowest BCUT2D eigenvalue weighted by molar-refractivity contribution is 0.580. The van der Waals surface area contributed by atoms with Crippen LogP contribution in [-0.2, 0) is 16.6 Å². The van der Waals surface area contributed by atoms with Gasteiger partial charge in [-0.1, -0.05) is 17.7 Å². The zero-order valence-electron chi connectivity index (χ0n) is 11.2. The van der Waals surface area contributed by atoms with Crippen molar-refractivity contribution in [1.82, 2.24) is 9.71 Å². The van der Waals surface area contributed by atoms with E-state index in [4.69, 9.17) is 16.9 Å². The van der Waals surface area contributed by atoms with Crippen LogP contribution >= 0.6 is 11.6 Å². The highest BCUT2D eigenvalue weighted by molar-refractivity contribution is 7.89. The molecule has 0 saturated carbocycles. The Kier molecular flexibility index (Phi) is 4.58. The van der Waals surface area contributed by atoms with Gasteiger partial charge in [0.25, 0.3) is 0 Å². The second-order valence-corrected chi connectivity index (χ2v) is 6.49. The van der Waals surface area contributed by atoms with Crippen molar-refractivity contribution in [3.05, 3.63) is 58.4 Å². The molecule has 1 N–H and O–H groups in total. The van der Waals surface area contributed by atoms with Crippen LogP contribution in [0.25, 0.3) is 0 Å². The Bertz CT molecular complexity index is 813. The molecule has 0 unspecified atom stereocenters. The summed E-state index contributed by atoms with van der Waals surface area (Å²) in [4.78, 5) is 4.10. The number of halogens is 1. The molecule has 0 amide bonds. The number of nitrogens with zero attached hydrogens (tertiary/aromatic N) is 2. The molecule has 0 fully saturated rings. The summed E-state index contributed by atoms with van der Waals surface area (Å²) in [6, 6.07) is 11.3. The van der Waals surface area contributed by atoms with E-state index in [1.165, 1.54) is 18.2 Å². The summed E-state index contributed by atoms with van der Waals surface area (Å²) in [6.07, 6.45) is 0. The molecule has 108 valence electrons. The van der Waals surface area contributed by atoms with Gasteiger partial charge in [-0.3, -0.25) is 4.98 Å². The van der Waals surface area contributed by atoms with E-state index in [0.717, 1.165) is 5.69 Å². The number of pyridine rings is 1. The fraction of sp³-hybridized carbons (Fsp3) is 0.143. The molecular formula is C14H12ClN3O2S. The van der Waals surface area contributed by atoms with E-state index in [9.17, 15) is 8.42 Å². The number of aryl methyl sites for hydroxylation is 1. The van der Waals surface area contributed by atoms with Gasteiger partial charge in [-0.2, -0.15) is 5.26 Å². The number of nitriles is 1. The van der Waals surface area contributed by atoms with E-state index in [1.807, 2.05) is 19.1 Å². The Labute approximate surface area is 128 Å². The largest absolute Gasteiger partial charge is 0.257 e. The summed E-state index contributed by atoms with van der Waals surface area (Å²) in [5.41, 5.74) is 1.63. The summed E-state index contributed by atoms with van der Waals surface area (Å²) < 4.78 is 26.9. The fourth-order valence-corrected chi connectivity index (χ4v) is 3.25. The molecule has 21 heavy (non-hydrogen) atoms. The third-order valence-electron chi connectivity index (χ3n) is 2.74. The first kappa shape index (κ1) is 15.4. The maximum Gasteiger partial charge on any atom is 0.242 e. The molecule has 2 rings (SSSR count). The van der Waals surface area contributed by atoms with Gasteiger partial charge in [0.15, 0.2) is 0 Å². The van der Waals surface area contributed by atoms with Gasteiger partial charge in [0.2, 0.25) is 10.0 Å². The van der Waals surface area contributed by atoms with Gasteiger partial charge in [0, 0.05) is 5.69 Å². The average Bonchev–Trinajstić information content (AvgIpc) is 2.46. The first-order chi connectivity index (χ1) is 9.92. The van der Waals surface area contributed by atoms with E-state index in [-0.39, 0.29) is 22.0 Å². The fourth-order valence-electron chi connectivity index (χ4n) is 1.72. The third-order valence-corrected chi connectivity index (χ3v) is 4.62. The van der Waals surface area contributed by atoms with Crippen molar-refractivity contribution in [1.29, 1.82) is 5.26 Å². The van der Waals surface area contributed by atoms with Crippen molar-refractivity contribution in [2.75, 3.05) is 0 Å². The van der Waals surface area contributed by atoms with Crippen molar-refractivity contribution in [2.24, 2.45) is 0 Å². The molecule has 0 aliphatic rings. The Hall–Kier alpha value is -1.94. The number of hydrogen-bond donors (Lipinski definition) is 1. The molecule has 7 heteroatoms. The van der Waals surface area contributed by atoms with Gasteiger partial charge in [0.1, 0.15) is 4.90 Å². The number of hydrogen-bond acceptors (Lipinski definition) is 4. The Morgan fingerprint density at radius 1 is 1.33 bits per heavy atom. The number of rotatable bonds is 4. The van der Waals surface area contributed by atoms with Gasteiger partial charge in [-0.15, -0.1) is 0 Å². The van der Waals surface area contributed by atoms with Gasteiger partial charge >= 0.3 is 0 Å². The molecular weight excluding hydrogens is 310 g/mol. The van der Waals surface area contributed by atoms with E-state index in [2.05, 4.69) is 9.71 Å². The Morgan fingerprint density at radius 3 is 2.76 bits per heavy atom. The first-order valence-electron chi connectivity index (χ1n) is 6.04. The van der Waals surface area contributed by atoms with Crippen LogP contribution < -0.4 is 4.72 Å². The molecule has 0 aliphatic heterocycles. The first-order valence-corrected chi connectivity index (χ1v) is 7.90. The van der Waals surface area contributed by atoms with Gasteiger partial charge in [0.05, 0.1) is 28.9 Å². The van der Waals surface area contributed by atoms with Crippen LogP contribution in [0, 0.1) is 18.3 Å². The maximum absolute atomic E-state index is 12.2. The lowest BCUT2D eigenvalue weighted by Crippen LogP contribution is -2.24. The Morgan fingerprint density at radius 2 is 2.10 bits per heavy atom. The van der Waals surface area contributed by atoms with Gasteiger partial charge in [-0.05, 0) is 37.3 Å². The molecule has 0 aliphatic carbocycles. The standard InChI is InChI=1S/C14H12ClN3O2S/c1-10-3-2-4-12(18-10)9-17-21(19,20)14-7-11(8-16)5-6-13(14)15/h2-7,17H,9H2,1H3. The number of benzene rings is 1. The zero-order chi connectivity index (χ0) is 15.5. The Balaban J connectivity index is 2.25. The van der Waals surface area contributed by atoms with Crippen LogP contribution in [0.5, 0.6) is 0 Å². The van der Waals surface area contributed by atoms with Crippen LogP contribution in [0.2, 0.25) is 5.02 Å². The molecule has 0 spiro atoms. The summed E-state index contributed by atoms with van der Waals surface area (Å²) in [5.74, 6) is 0. The summed E-state index contributed by atoms with van der Waals surface area (Å²) >= 11 is 5.90. The minimum absolute atomic E-state index is 0.0527. The molecule has 0 atom stereocenters. The molecule has 0 radical (unpaired) electrons. The van der Waals surface area contributed by atoms with Crippen LogP contribution in [0.1, 0.15) is 17.0 Å². The summed E-state index contributed by atoms with van der Waals surface area (Å²) in [5, 5.41) is 8.91. The van der Waals surface area contributed by atoms with Crippen LogP contribution in [0.15, 0.2) is 41.3 Å². The number of aromatic nitrogens is 1. The highest BCUT2D eigenvalue weighted by Crippen LogP contribution is 2.22. The van der Waals surface area contributed by atoms with E-state index < -0.39 is 10.0 Å². The predicted octanol–water partition coefficient (Wildman–Crippen LogP) is 2.39. The molecule has 0 bridgehead atoms. The van der Waals surface area contributed by atoms with Crippen LogP contribution in [0.3, 0.4) is 0 Å². The molecule has 5 nitrogen and oxygen atoms in total. The predicted molar refractivity (Wildman–Crippen MR) is 79.2 cm³/mol. The minimum atomic E-state index is -3.81. The van der Waals surface area contributed by atoms with Crippen LogP contribution in [-0.4, -0.2) is 13.4 Å². The molecule has 2 aromatic rings. The van der Waals surface area contributed by atoms with Crippen molar-refractivity contribution < 1.29 is 8.42 Å². The van der Waals surface area contributed by atoms with Gasteiger partial charge in [-0.25, -0.2) is 13.1 Å². The van der Waals surface area contributed by atoms with Crippen molar-refractivity contribution in [3.63, 3.8) is 0 Å². The second kappa shape index (κ2) is 6.22. The van der Waals surface area contributed by atoms with Crippen molar-refractivity contribution in [3.8, 4) is 6.07 Å². The maximum atomic E-state index is 12.2. The third kappa shape index (κ3) is 3.79. The minimum Gasteiger partial charge on any atom is -0.257 e. The number of sulfonamides is 1. The summed E-state index contributed by atoms with van der Waals surface area (Å²) in [6.45, 7) is 1.88. The van der Waals surface area contributed by atoms with E-state index >= 15 is 0 Å². The molecule has 1 heterocycles. The molecule has 0 saturated heterocycles. The SMILES string of the molecule is Cc1cccc(CNS(=O)(=O)c2cc(C#N)ccc2Cl)n1. The second-order valence-electron chi connectivity index (χ2n) is 4.35. The highest BCUT2D eigenvalue weighted by atomic mass is 35.5. The quantitative estimate of drug-likeness (QED) is 0.937.